The first kappa shape index (κ1) is 17.0. The summed E-state index contributed by atoms with van der Waals surface area (Å²) in [4.78, 5) is 23.7. The second-order valence-corrected chi connectivity index (χ2v) is 6.08. The third-order valence-corrected chi connectivity index (χ3v) is 4.17. The number of hydrogen-bond donors (Lipinski definition) is 2. The molecule has 25 heavy (non-hydrogen) atoms. The fraction of sp³-hybridized carbons (Fsp3) is 0.389. The lowest BCUT2D eigenvalue weighted by Gasteiger charge is -2.22. The maximum Gasteiger partial charge on any atom is 0.251 e. The molecule has 1 aliphatic rings. The first-order chi connectivity index (χ1) is 12.1. The van der Waals surface area contributed by atoms with Gasteiger partial charge in [-0.1, -0.05) is 6.07 Å². The van der Waals surface area contributed by atoms with Gasteiger partial charge in [0, 0.05) is 11.8 Å². The molecule has 0 unspecified atom stereocenters. The normalized spacial score (nSPS) is 16.1. The van der Waals surface area contributed by atoms with E-state index in [9.17, 15) is 9.59 Å². The Hall–Kier alpha value is -2.83. The minimum atomic E-state index is -0.437. The Labute approximate surface area is 146 Å². The third kappa shape index (κ3) is 3.99. The van der Waals surface area contributed by atoms with E-state index in [1.165, 1.54) is 0 Å². The van der Waals surface area contributed by atoms with Crippen molar-refractivity contribution >= 4 is 11.8 Å². The number of amides is 2. The van der Waals surface area contributed by atoms with E-state index in [2.05, 4.69) is 10.4 Å². The number of aryl methyl sites for hydroxylation is 1. The number of rotatable bonds is 6. The highest BCUT2D eigenvalue weighted by molar-refractivity contribution is 5.94. The van der Waals surface area contributed by atoms with E-state index in [0.29, 0.717) is 17.9 Å². The molecular formula is C18H22N4O3. The third-order valence-electron chi connectivity index (χ3n) is 4.17. The smallest absolute Gasteiger partial charge is 0.251 e. The fourth-order valence-electron chi connectivity index (χ4n) is 3.11. The number of nitrogens with two attached hydrogens (primary N) is 1. The lowest BCUT2D eigenvalue weighted by molar-refractivity contribution is -0.118. The molecular weight excluding hydrogens is 320 g/mol. The van der Waals surface area contributed by atoms with E-state index >= 15 is 0 Å². The minimum Gasteiger partial charge on any atom is -0.494 e. The van der Waals surface area contributed by atoms with Crippen molar-refractivity contribution in [2.75, 3.05) is 6.61 Å². The second kappa shape index (κ2) is 7.38. The van der Waals surface area contributed by atoms with Crippen molar-refractivity contribution in [3.63, 3.8) is 0 Å². The summed E-state index contributed by atoms with van der Waals surface area (Å²) in [6.45, 7) is 2.50. The van der Waals surface area contributed by atoms with Gasteiger partial charge in [0.2, 0.25) is 5.91 Å². The highest BCUT2D eigenvalue weighted by atomic mass is 16.5. The maximum absolute atomic E-state index is 12.6. The molecule has 0 aliphatic heterocycles. The van der Waals surface area contributed by atoms with E-state index in [1.807, 2.05) is 19.2 Å². The summed E-state index contributed by atoms with van der Waals surface area (Å²) in [6.07, 6.45) is 4.51. The summed E-state index contributed by atoms with van der Waals surface area (Å²) < 4.78 is 6.99. The maximum atomic E-state index is 12.6. The van der Waals surface area contributed by atoms with Crippen LogP contribution in [0.25, 0.3) is 0 Å². The lowest BCUT2D eigenvalue weighted by Crippen LogP contribution is -2.31. The van der Waals surface area contributed by atoms with Gasteiger partial charge in [-0.2, -0.15) is 5.10 Å². The minimum absolute atomic E-state index is 0.0457. The number of carbonyl (C=O) groups excluding carboxylic acids is 2. The highest BCUT2D eigenvalue weighted by Gasteiger charge is 2.26. The molecule has 0 saturated heterocycles. The number of fused-ring (bicyclic) bond motifs is 1. The summed E-state index contributed by atoms with van der Waals surface area (Å²) in [7, 11) is 0. The largest absolute Gasteiger partial charge is 0.494 e. The van der Waals surface area contributed by atoms with Gasteiger partial charge in [0.25, 0.3) is 5.91 Å². The van der Waals surface area contributed by atoms with Crippen molar-refractivity contribution < 1.29 is 14.3 Å². The summed E-state index contributed by atoms with van der Waals surface area (Å²) in [5.74, 6) is 0.0715. The molecule has 0 spiro atoms. The van der Waals surface area contributed by atoms with Gasteiger partial charge in [-0.3, -0.25) is 14.3 Å². The van der Waals surface area contributed by atoms with Crippen LogP contribution in [0, 0.1) is 0 Å². The van der Waals surface area contributed by atoms with Crippen LogP contribution >= 0.6 is 0 Å². The molecule has 1 aromatic heterocycles. The molecule has 0 saturated carbocycles. The number of nitrogens with zero attached hydrogens (tertiary/aromatic N) is 2. The predicted octanol–water partition coefficient (Wildman–Crippen LogP) is 1.57. The van der Waals surface area contributed by atoms with E-state index in [-0.39, 0.29) is 18.5 Å². The number of hydrogen-bond acceptors (Lipinski definition) is 4. The Bertz CT molecular complexity index is 784. The van der Waals surface area contributed by atoms with Crippen LogP contribution in [0.2, 0.25) is 0 Å². The van der Waals surface area contributed by atoms with Gasteiger partial charge in [-0.25, -0.2) is 0 Å². The predicted molar refractivity (Wildman–Crippen MR) is 92.2 cm³/mol. The summed E-state index contributed by atoms with van der Waals surface area (Å²) in [5.41, 5.74) is 7.66. The van der Waals surface area contributed by atoms with Gasteiger partial charge in [0.05, 0.1) is 18.3 Å². The van der Waals surface area contributed by atoms with Crippen molar-refractivity contribution in [3.8, 4) is 5.75 Å². The number of benzene rings is 1. The van der Waals surface area contributed by atoms with Crippen LogP contribution in [-0.2, 0) is 17.8 Å². The quantitative estimate of drug-likeness (QED) is 0.832. The van der Waals surface area contributed by atoms with E-state index in [1.54, 1.807) is 22.9 Å². The number of primary amides is 1. The Morgan fingerprint density at radius 2 is 2.28 bits per heavy atom. The van der Waals surface area contributed by atoms with E-state index in [0.717, 1.165) is 30.5 Å². The van der Waals surface area contributed by atoms with Gasteiger partial charge in [0.15, 0.2) is 0 Å². The molecule has 0 fully saturated rings. The van der Waals surface area contributed by atoms with Crippen molar-refractivity contribution in [1.82, 2.24) is 15.1 Å². The molecule has 1 aliphatic carbocycles. The monoisotopic (exact) mass is 342 g/mol. The average molecular weight is 342 g/mol. The van der Waals surface area contributed by atoms with Crippen molar-refractivity contribution in [2.24, 2.45) is 5.73 Å². The first-order valence-electron chi connectivity index (χ1n) is 8.45. The zero-order valence-electron chi connectivity index (χ0n) is 14.2. The zero-order valence-corrected chi connectivity index (χ0v) is 14.2. The molecule has 2 aromatic rings. The van der Waals surface area contributed by atoms with E-state index < -0.39 is 5.91 Å². The molecule has 7 nitrogen and oxygen atoms in total. The molecule has 0 radical (unpaired) electrons. The molecule has 0 bridgehead atoms. The topological polar surface area (TPSA) is 99.2 Å². The molecule has 3 rings (SSSR count). The van der Waals surface area contributed by atoms with Crippen LogP contribution < -0.4 is 15.8 Å². The van der Waals surface area contributed by atoms with Crippen LogP contribution in [0.5, 0.6) is 5.75 Å². The van der Waals surface area contributed by atoms with Crippen molar-refractivity contribution in [2.45, 2.75) is 38.8 Å². The number of carbonyl (C=O) groups is 2. The van der Waals surface area contributed by atoms with E-state index in [4.69, 9.17) is 10.5 Å². The van der Waals surface area contributed by atoms with Crippen molar-refractivity contribution in [1.29, 1.82) is 0 Å². The van der Waals surface area contributed by atoms with Crippen molar-refractivity contribution in [3.05, 3.63) is 47.3 Å². The summed E-state index contributed by atoms with van der Waals surface area (Å²) in [5, 5.41) is 7.48. The lowest BCUT2D eigenvalue weighted by atomic mass is 9.93. The Morgan fingerprint density at radius 3 is 3.04 bits per heavy atom. The Morgan fingerprint density at radius 1 is 1.44 bits per heavy atom. The zero-order chi connectivity index (χ0) is 17.8. The van der Waals surface area contributed by atoms with Gasteiger partial charge in [-0.15, -0.1) is 0 Å². The Balaban J connectivity index is 1.75. The van der Waals surface area contributed by atoms with Crippen LogP contribution in [0.3, 0.4) is 0 Å². The fourth-order valence-corrected chi connectivity index (χ4v) is 3.11. The molecule has 7 heteroatoms. The SMILES string of the molecule is CCOc1cccc(C(=O)N[C@H]2CCCc3cn(CC(N)=O)nc32)c1. The molecule has 1 aromatic carbocycles. The first-order valence-corrected chi connectivity index (χ1v) is 8.45. The second-order valence-electron chi connectivity index (χ2n) is 6.08. The van der Waals surface area contributed by atoms with Gasteiger partial charge >= 0.3 is 0 Å². The number of aromatic nitrogens is 2. The molecule has 1 atom stereocenters. The Kier molecular flexibility index (Phi) is 5.02. The number of nitrogens with one attached hydrogen (secondary N) is 1. The van der Waals surface area contributed by atoms with Crippen LogP contribution in [0.1, 0.15) is 47.4 Å². The highest BCUT2D eigenvalue weighted by Crippen LogP contribution is 2.29. The average Bonchev–Trinajstić information content (AvgIpc) is 2.98. The number of ether oxygens (including phenoxy) is 1. The van der Waals surface area contributed by atoms with Gasteiger partial charge in [0.1, 0.15) is 12.3 Å². The molecule has 2 amide bonds. The van der Waals surface area contributed by atoms with Gasteiger partial charge in [-0.05, 0) is 49.9 Å². The van der Waals surface area contributed by atoms with Crippen LogP contribution in [0.4, 0.5) is 0 Å². The summed E-state index contributed by atoms with van der Waals surface area (Å²) in [6, 6.07) is 6.95. The standard InChI is InChI=1S/C18H22N4O3/c1-2-25-14-7-3-5-12(9-14)18(24)20-15-8-4-6-13-10-22(11-16(19)23)21-17(13)15/h3,5,7,9-10,15H,2,4,6,8,11H2,1H3,(H2,19,23)(H,20,24)/t15-/m0/s1. The van der Waals surface area contributed by atoms with Crippen LogP contribution in [-0.4, -0.2) is 28.2 Å². The van der Waals surface area contributed by atoms with Gasteiger partial charge < -0.3 is 15.8 Å². The molecule has 3 N–H and O–H groups in total. The molecule has 132 valence electrons. The van der Waals surface area contributed by atoms with Crippen LogP contribution in [0.15, 0.2) is 30.5 Å². The molecule has 1 heterocycles. The summed E-state index contributed by atoms with van der Waals surface area (Å²) >= 11 is 0.